The van der Waals surface area contributed by atoms with Crippen LogP contribution in [0.3, 0.4) is 0 Å². The number of nitrogens with zero attached hydrogens (tertiary/aromatic N) is 1. The minimum Gasteiger partial charge on any atom is -0.352 e. The van der Waals surface area contributed by atoms with Crippen LogP contribution in [-0.4, -0.2) is 29.8 Å². The normalized spacial score (nSPS) is 21.1. The van der Waals surface area contributed by atoms with Gasteiger partial charge >= 0.3 is 0 Å². The number of hydrogen-bond acceptors (Lipinski definition) is 2. The quantitative estimate of drug-likeness (QED) is 0.896. The van der Waals surface area contributed by atoms with Gasteiger partial charge in [0.2, 0.25) is 5.91 Å². The second-order valence-electron chi connectivity index (χ2n) is 5.22. The highest BCUT2D eigenvalue weighted by Crippen LogP contribution is 2.35. The first-order valence-electron chi connectivity index (χ1n) is 6.94. The van der Waals surface area contributed by atoms with E-state index in [-0.39, 0.29) is 11.8 Å². The molecule has 0 aromatic heterocycles. The van der Waals surface area contributed by atoms with Crippen molar-refractivity contribution in [1.29, 1.82) is 0 Å². The molecule has 2 amide bonds. The van der Waals surface area contributed by atoms with Gasteiger partial charge in [-0.3, -0.25) is 9.59 Å². The highest BCUT2D eigenvalue weighted by atomic mass is 16.2. The number of amides is 2. The SMILES string of the molecule is CCCCc1ccc2c(c1)C1C(=O)NCCN1C2=O. The van der Waals surface area contributed by atoms with E-state index in [0.29, 0.717) is 18.7 Å². The topological polar surface area (TPSA) is 49.4 Å². The zero-order valence-electron chi connectivity index (χ0n) is 11.1. The molecule has 19 heavy (non-hydrogen) atoms. The van der Waals surface area contributed by atoms with Gasteiger partial charge in [0.05, 0.1) is 0 Å². The van der Waals surface area contributed by atoms with E-state index >= 15 is 0 Å². The Kier molecular flexibility index (Phi) is 3.01. The van der Waals surface area contributed by atoms with Crippen LogP contribution in [-0.2, 0) is 11.2 Å². The summed E-state index contributed by atoms with van der Waals surface area (Å²) in [5, 5.41) is 2.84. The number of aryl methyl sites for hydroxylation is 1. The Bertz CT molecular complexity index is 539. The van der Waals surface area contributed by atoms with Gasteiger partial charge in [-0.15, -0.1) is 0 Å². The second-order valence-corrected chi connectivity index (χ2v) is 5.22. The van der Waals surface area contributed by atoms with Gasteiger partial charge in [0.25, 0.3) is 5.91 Å². The van der Waals surface area contributed by atoms with Gasteiger partial charge in [0, 0.05) is 18.7 Å². The van der Waals surface area contributed by atoms with Crippen molar-refractivity contribution in [1.82, 2.24) is 10.2 Å². The molecule has 4 heteroatoms. The molecule has 2 aliphatic heterocycles. The minimum atomic E-state index is -0.405. The molecule has 1 atom stereocenters. The van der Waals surface area contributed by atoms with Gasteiger partial charge in [0.1, 0.15) is 6.04 Å². The lowest BCUT2D eigenvalue weighted by molar-refractivity contribution is -0.127. The van der Waals surface area contributed by atoms with Crippen LogP contribution in [0.2, 0.25) is 0 Å². The number of benzene rings is 1. The Balaban J connectivity index is 1.98. The number of fused-ring (bicyclic) bond motifs is 3. The average Bonchev–Trinajstić information content (AvgIpc) is 2.71. The third-order valence-electron chi connectivity index (χ3n) is 3.93. The van der Waals surface area contributed by atoms with Gasteiger partial charge in [-0.05, 0) is 30.0 Å². The molecule has 0 aliphatic carbocycles. The molecule has 1 unspecified atom stereocenters. The Morgan fingerprint density at radius 3 is 3.00 bits per heavy atom. The zero-order valence-corrected chi connectivity index (χ0v) is 11.1. The van der Waals surface area contributed by atoms with E-state index in [1.807, 2.05) is 18.2 Å². The summed E-state index contributed by atoms with van der Waals surface area (Å²) in [4.78, 5) is 25.9. The van der Waals surface area contributed by atoms with E-state index in [4.69, 9.17) is 0 Å². The number of carbonyl (C=O) groups is 2. The molecule has 2 aliphatic rings. The number of nitrogens with one attached hydrogen (secondary N) is 1. The Labute approximate surface area is 112 Å². The van der Waals surface area contributed by atoms with Crippen molar-refractivity contribution < 1.29 is 9.59 Å². The Morgan fingerprint density at radius 2 is 2.21 bits per heavy atom. The van der Waals surface area contributed by atoms with Crippen molar-refractivity contribution in [2.45, 2.75) is 32.2 Å². The predicted octanol–water partition coefficient (Wildman–Crippen LogP) is 1.66. The highest BCUT2D eigenvalue weighted by Gasteiger charge is 2.42. The van der Waals surface area contributed by atoms with Crippen LogP contribution in [0.5, 0.6) is 0 Å². The van der Waals surface area contributed by atoms with Crippen LogP contribution in [0.1, 0.15) is 47.3 Å². The van der Waals surface area contributed by atoms with E-state index in [0.717, 1.165) is 24.8 Å². The maximum atomic E-state index is 12.2. The average molecular weight is 258 g/mol. The molecule has 1 N–H and O–H groups in total. The fourth-order valence-corrected chi connectivity index (χ4v) is 2.92. The van der Waals surface area contributed by atoms with E-state index in [1.54, 1.807) is 4.90 Å². The second kappa shape index (κ2) is 4.68. The Hall–Kier alpha value is -1.84. The number of rotatable bonds is 3. The van der Waals surface area contributed by atoms with Crippen molar-refractivity contribution in [2.24, 2.45) is 0 Å². The molecule has 0 saturated carbocycles. The lowest BCUT2D eigenvalue weighted by Crippen LogP contribution is -2.48. The third kappa shape index (κ3) is 1.91. The Morgan fingerprint density at radius 1 is 1.37 bits per heavy atom. The molecule has 1 aromatic carbocycles. The largest absolute Gasteiger partial charge is 0.352 e. The third-order valence-corrected chi connectivity index (χ3v) is 3.93. The van der Waals surface area contributed by atoms with Crippen LogP contribution in [0.15, 0.2) is 18.2 Å². The number of piperazine rings is 1. The summed E-state index contributed by atoms with van der Waals surface area (Å²) in [7, 11) is 0. The first kappa shape index (κ1) is 12.2. The van der Waals surface area contributed by atoms with Crippen molar-refractivity contribution >= 4 is 11.8 Å². The number of unbranched alkanes of at least 4 members (excludes halogenated alkanes) is 1. The molecule has 100 valence electrons. The van der Waals surface area contributed by atoms with Crippen molar-refractivity contribution in [2.75, 3.05) is 13.1 Å². The van der Waals surface area contributed by atoms with Crippen LogP contribution >= 0.6 is 0 Å². The van der Waals surface area contributed by atoms with Gasteiger partial charge in [-0.2, -0.15) is 0 Å². The minimum absolute atomic E-state index is 0.00288. The zero-order chi connectivity index (χ0) is 13.4. The number of carbonyl (C=O) groups excluding carboxylic acids is 2. The molecule has 1 saturated heterocycles. The van der Waals surface area contributed by atoms with Crippen molar-refractivity contribution in [3.63, 3.8) is 0 Å². The van der Waals surface area contributed by atoms with E-state index in [1.165, 1.54) is 5.56 Å². The van der Waals surface area contributed by atoms with Gasteiger partial charge < -0.3 is 10.2 Å². The fraction of sp³-hybridized carbons (Fsp3) is 0.467. The molecule has 1 fully saturated rings. The summed E-state index contributed by atoms with van der Waals surface area (Å²) < 4.78 is 0. The molecule has 1 aromatic rings. The molecule has 0 bridgehead atoms. The maximum Gasteiger partial charge on any atom is 0.255 e. The summed E-state index contributed by atoms with van der Waals surface area (Å²) in [6, 6.07) is 5.54. The van der Waals surface area contributed by atoms with Crippen LogP contribution in [0, 0.1) is 0 Å². The van der Waals surface area contributed by atoms with Crippen LogP contribution in [0.25, 0.3) is 0 Å². The maximum absolute atomic E-state index is 12.2. The summed E-state index contributed by atoms with van der Waals surface area (Å²) in [5.41, 5.74) is 2.80. The predicted molar refractivity (Wildman–Crippen MR) is 71.8 cm³/mol. The fourth-order valence-electron chi connectivity index (χ4n) is 2.92. The smallest absolute Gasteiger partial charge is 0.255 e. The van der Waals surface area contributed by atoms with Gasteiger partial charge in [0.15, 0.2) is 0 Å². The van der Waals surface area contributed by atoms with E-state index in [2.05, 4.69) is 12.2 Å². The standard InChI is InChI=1S/C15H18N2O2/c1-2-3-4-10-5-6-11-12(9-10)13-14(18)16-7-8-17(13)15(11)19/h5-6,9,13H,2-4,7-8H2,1H3,(H,16,18). The summed E-state index contributed by atoms with van der Waals surface area (Å²) >= 11 is 0. The molecular formula is C15H18N2O2. The van der Waals surface area contributed by atoms with Crippen molar-refractivity contribution in [3.8, 4) is 0 Å². The van der Waals surface area contributed by atoms with Crippen LogP contribution in [0.4, 0.5) is 0 Å². The molecule has 3 rings (SSSR count). The van der Waals surface area contributed by atoms with E-state index in [9.17, 15) is 9.59 Å². The lowest BCUT2D eigenvalue weighted by atomic mass is 9.98. The van der Waals surface area contributed by atoms with Gasteiger partial charge in [-0.25, -0.2) is 0 Å². The molecule has 4 nitrogen and oxygen atoms in total. The molecule has 0 radical (unpaired) electrons. The summed E-state index contributed by atoms with van der Waals surface area (Å²) in [6.07, 6.45) is 3.28. The summed E-state index contributed by atoms with van der Waals surface area (Å²) in [6.45, 7) is 3.32. The first-order valence-corrected chi connectivity index (χ1v) is 6.94. The number of hydrogen-bond donors (Lipinski definition) is 1. The lowest BCUT2D eigenvalue weighted by Gasteiger charge is -2.29. The highest BCUT2D eigenvalue weighted by molar-refractivity contribution is 6.05. The first-order chi connectivity index (χ1) is 9.22. The van der Waals surface area contributed by atoms with E-state index < -0.39 is 6.04 Å². The van der Waals surface area contributed by atoms with Crippen molar-refractivity contribution in [3.05, 3.63) is 34.9 Å². The monoisotopic (exact) mass is 258 g/mol. The van der Waals surface area contributed by atoms with Gasteiger partial charge in [-0.1, -0.05) is 25.5 Å². The van der Waals surface area contributed by atoms with Crippen LogP contribution < -0.4 is 5.32 Å². The molecular weight excluding hydrogens is 240 g/mol. The summed E-state index contributed by atoms with van der Waals surface area (Å²) in [5.74, 6) is -0.0529. The molecule has 2 heterocycles. The molecule has 0 spiro atoms.